The van der Waals surface area contributed by atoms with Crippen LogP contribution in [0.15, 0.2) is 42.5 Å². The molecular formula is C14H9Cl2FN2O2. The second kappa shape index (κ2) is 6.56. The first-order valence-corrected chi connectivity index (χ1v) is 6.54. The Morgan fingerprint density at radius 3 is 2.10 bits per heavy atom. The lowest BCUT2D eigenvalue weighted by molar-refractivity contribution is 0.0844. The predicted octanol–water partition coefficient (Wildman–Crippen LogP) is 3.21. The lowest BCUT2D eigenvalue weighted by atomic mass is 10.2. The largest absolute Gasteiger partial charge is 0.272 e. The fraction of sp³-hybridized carbons (Fsp3) is 0. The molecule has 2 amide bonds. The summed E-state index contributed by atoms with van der Waals surface area (Å²) >= 11 is 11.4. The van der Waals surface area contributed by atoms with Crippen LogP contribution in [0.2, 0.25) is 10.0 Å². The Kier molecular flexibility index (Phi) is 4.77. The minimum absolute atomic E-state index is 0.213. The van der Waals surface area contributed by atoms with Crippen molar-refractivity contribution in [2.75, 3.05) is 0 Å². The van der Waals surface area contributed by atoms with Crippen LogP contribution < -0.4 is 10.9 Å². The van der Waals surface area contributed by atoms with Gasteiger partial charge in [0.05, 0.1) is 5.56 Å². The van der Waals surface area contributed by atoms with Crippen LogP contribution in [0.3, 0.4) is 0 Å². The number of benzene rings is 2. The maximum absolute atomic E-state index is 13.5. The molecule has 0 aromatic heterocycles. The average Bonchev–Trinajstić information content (AvgIpc) is 2.47. The van der Waals surface area contributed by atoms with Gasteiger partial charge in [-0.15, -0.1) is 0 Å². The summed E-state index contributed by atoms with van der Waals surface area (Å²) in [6, 6.07) is 9.61. The van der Waals surface area contributed by atoms with Gasteiger partial charge in [-0.05, 0) is 42.5 Å². The van der Waals surface area contributed by atoms with Crippen LogP contribution in [0.1, 0.15) is 20.7 Å². The Labute approximate surface area is 129 Å². The number of hydrogen-bond donors (Lipinski definition) is 2. The third-order valence-corrected chi connectivity index (χ3v) is 3.06. The van der Waals surface area contributed by atoms with Gasteiger partial charge in [0, 0.05) is 15.6 Å². The van der Waals surface area contributed by atoms with Crippen LogP contribution in [-0.2, 0) is 0 Å². The molecule has 0 aliphatic heterocycles. The minimum atomic E-state index is -0.808. The fourth-order valence-electron chi connectivity index (χ4n) is 1.53. The Hall–Kier alpha value is -2.11. The van der Waals surface area contributed by atoms with Gasteiger partial charge >= 0.3 is 0 Å². The lowest BCUT2D eigenvalue weighted by Crippen LogP contribution is -2.41. The van der Waals surface area contributed by atoms with Gasteiger partial charge in [0.1, 0.15) is 5.82 Å². The number of hydrazine groups is 1. The molecule has 0 saturated heterocycles. The molecule has 0 spiro atoms. The SMILES string of the molecule is O=C(NNC(=O)c1cc(Cl)ccc1F)c1ccc(Cl)cc1. The molecule has 2 rings (SSSR count). The molecule has 0 unspecified atom stereocenters. The second-order valence-electron chi connectivity index (χ2n) is 4.04. The molecule has 2 aromatic carbocycles. The second-order valence-corrected chi connectivity index (χ2v) is 4.91. The number of amides is 2. The standard InChI is InChI=1S/C14H9Cl2FN2O2/c15-9-3-1-8(2-4-9)13(20)18-19-14(21)11-7-10(16)5-6-12(11)17/h1-7H,(H,18,20)(H,19,21). The van der Waals surface area contributed by atoms with Gasteiger partial charge < -0.3 is 0 Å². The third-order valence-electron chi connectivity index (χ3n) is 2.57. The lowest BCUT2D eigenvalue weighted by Gasteiger charge is -2.08. The Morgan fingerprint density at radius 2 is 1.43 bits per heavy atom. The van der Waals surface area contributed by atoms with Crippen molar-refractivity contribution in [1.29, 1.82) is 0 Å². The van der Waals surface area contributed by atoms with E-state index >= 15 is 0 Å². The van der Waals surface area contributed by atoms with Crippen molar-refractivity contribution >= 4 is 35.0 Å². The zero-order valence-corrected chi connectivity index (χ0v) is 12.0. The molecular weight excluding hydrogens is 318 g/mol. The predicted molar refractivity (Wildman–Crippen MR) is 77.8 cm³/mol. The van der Waals surface area contributed by atoms with Crippen LogP contribution >= 0.6 is 23.2 Å². The van der Waals surface area contributed by atoms with Crippen LogP contribution in [0.25, 0.3) is 0 Å². The Bertz CT molecular complexity index is 690. The van der Waals surface area contributed by atoms with Gasteiger partial charge in [-0.2, -0.15) is 0 Å². The summed E-state index contributed by atoms with van der Waals surface area (Å²) in [4.78, 5) is 23.5. The van der Waals surface area contributed by atoms with Gasteiger partial charge in [-0.25, -0.2) is 4.39 Å². The molecule has 7 heteroatoms. The molecule has 0 aliphatic rings. The van der Waals surface area contributed by atoms with Crippen molar-refractivity contribution in [2.45, 2.75) is 0 Å². The summed E-state index contributed by atoms with van der Waals surface area (Å²) in [5.41, 5.74) is 4.31. The average molecular weight is 327 g/mol. The Balaban J connectivity index is 2.02. The summed E-state index contributed by atoms with van der Waals surface area (Å²) in [5.74, 6) is -2.10. The van der Waals surface area contributed by atoms with Crippen LogP contribution in [0, 0.1) is 5.82 Å². The van der Waals surface area contributed by atoms with Gasteiger partial charge in [0.25, 0.3) is 11.8 Å². The van der Waals surface area contributed by atoms with E-state index < -0.39 is 17.6 Å². The number of rotatable bonds is 2. The van der Waals surface area contributed by atoms with E-state index in [1.807, 2.05) is 0 Å². The third kappa shape index (κ3) is 3.93. The quantitative estimate of drug-likeness (QED) is 0.832. The Morgan fingerprint density at radius 1 is 0.857 bits per heavy atom. The molecule has 2 N–H and O–H groups in total. The van der Waals surface area contributed by atoms with Gasteiger partial charge in [-0.3, -0.25) is 20.4 Å². The van der Waals surface area contributed by atoms with Crippen molar-refractivity contribution in [3.63, 3.8) is 0 Å². The van der Waals surface area contributed by atoms with Crippen molar-refractivity contribution in [3.8, 4) is 0 Å². The summed E-state index contributed by atoms with van der Waals surface area (Å²) in [7, 11) is 0. The molecule has 0 radical (unpaired) electrons. The van der Waals surface area contributed by atoms with Crippen molar-refractivity contribution in [3.05, 3.63) is 69.5 Å². The van der Waals surface area contributed by atoms with Gasteiger partial charge in [0.2, 0.25) is 0 Å². The van der Waals surface area contributed by atoms with E-state index in [2.05, 4.69) is 10.9 Å². The number of hydrogen-bond acceptors (Lipinski definition) is 2. The van der Waals surface area contributed by atoms with Crippen LogP contribution in [0.4, 0.5) is 4.39 Å². The van der Waals surface area contributed by atoms with E-state index in [4.69, 9.17) is 23.2 Å². The number of carbonyl (C=O) groups is 2. The zero-order valence-electron chi connectivity index (χ0n) is 10.5. The molecule has 2 aromatic rings. The van der Waals surface area contributed by atoms with Crippen LogP contribution in [-0.4, -0.2) is 11.8 Å². The molecule has 21 heavy (non-hydrogen) atoms. The first kappa shape index (κ1) is 15.3. The van der Waals surface area contributed by atoms with Crippen molar-refractivity contribution in [2.24, 2.45) is 0 Å². The van der Waals surface area contributed by atoms with E-state index in [0.717, 1.165) is 6.07 Å². The summed E-state index contributed by atoms with van der Waals surface area (Å²) in [6.07, 6.45) is 0. The van der Waals surface area contributed by atoms with E-state index in [1.54, 1.807) is 0 Å². The van der Waals surface area contributed by atoms with Gasteiger partial charge in [0.15, 0.2) is 0 Å². The molecule has 0 fully saturated rings. The molecule has 0 saturated carbocycles. The number of carbonyl (C=O) groups excluding carboxylic acids is 2. The zero-order chi connectivity index (χ0) is 15.4. The van der Waals surface area contributed by atoms with Crippen molar-refractivity contribution < 1.29 is 14.0 Å². The molecule has 0 atom stereocenters. The molecule has 4 nitrogen and oxygen atoms in total. The highest BCUT2D eigenvalue weighted by Crippen LogP contribution is 2.14. The van der Waals surface area contributed by atoms with E-state index in [-0.39, 0.29) is 10.6 Å². The summed E-state index contributed by atoms with van der Waals surface area (Å²) in [6.45, 7) is 0. The minimum Gasteiger partial charge on any atom is -0.267 e. The molecule has 108 valence electrons. The van der Waals surface area contributed by atoms with Crippen LogP contribution in [0.5, 0.6) is 0 Å². The van der Waals surface area contributed by atoms with E-state index in [9.17, 15) is 14.0 Å². The van der Waals surface area contributed by atoms with E-state index in [0.29, 0.717) is 10.6 Å². The normalized spacial score (nSPS) is 10.0. The molecule has 0 aliphatic carbocycles. The first-order valence-electron chi connectivity index (χ1n) is 5.78. The number of nitrogens with one attached hydrogen (secondary N) is 2. The first-order chi connectivity index (χ1) is 9.97. The maximum atomic E-state index is 13.5. The molecule has 0 bridgehead atoms. The number of halogens is 3. The van der Waals surface area contributed by atoms with Crippen molar-refractivity contribution in [1.82, 2.24) is 10.9 Å². The monoisotopic (exact) mass is 326 g/mol. The highest BCUT2D eigenvalue weighted by molar-refractivity contribution is 6.31. The summed E-state index contributed by atoms with van der Waals surface area (Å²) in [5, 5.41) is 0.696. The van der Waals surface area contributed by atoms with E-state index in [1.165, 1.54) is 36.4 Å². The topological polar surface area (TPSA) is 58.2 Å². The highest BCUT2D eigenvalue weighted by Gasteiger charge is 2.13. The maximum Gasteiger partial charge on any atom is 0.272 e. The fourth-order valence-corrected chi connectivity index (χ4v) is 1.82. The summed E-state index contributed by atoms with van der Waals surface area (Å²) < 4.78 is 13.5. The smallest absolute Gasteiger partial charge is 0.267 e. The van der Waals surface area contributed by atoms with Gasteiger partial charge in [-0.1, -0.05) is 23.2 Å². The highest BCUT2D eigenvalue weighted by atomic mass is 35.5. The molecule has 0 heterocycles.